The van der Waals surface area contributed by atoms with E-state index >= 15 is 0 Å². The van der Waals surface area contributed by atoms with Gasteiger partial charge in [0.2, 0.25) is 0 Å². The van der Waals surface area contributed by atoms with E-state index in [-0.39, 0.29) is 12.1 Å². The monoisotopic (exact) mass is 464 g/mol. The molecule has 1 aliphatic rings. The van der Waals surface area contributed by atoms with Gasteiger partial charge in [0.1, 0.15) is 11.4 Å². The molecule has 0 radical (unpaired) electrons. The molecule has 4 rings (SSSR count). The van der Waals surface area contributed by atoms with Gasteiger partial charge in [-0.3, -0.25) is 4.90 Å². The Bertz CT molecular complexity index is 1080. The van der Waals surface area contributed by atoms with Gasteiger partial charge in [-0.25, -0.2) is 9.78 Å². The number of benzene rings is 2. The molecule has 0 spiro atoms. The Balaban J connectivity index is 1.33. The summed E-state index contributed by atoms with van der Waals surface area (Å²) in [4.78, 5) is 21.5. The summed E-state index contributed by atoms with van der Waals surface area (Å²) in [6.45, 7) is 8.00. The summed E-state index contributed by atoms with van der Waals surface area (Å²) in [5.74, 6) is 0.388. The van der Waals surface area contributed by atoms with Crippen molar-refractivity contribution in [1.82, 2.24) is 9.88 Å². The van der Waals surface area contributed by atoms with E-state index in [1.807, 2.05) is 38.1 Å². The first-order valence-electron chi connectivity index (χ1n) is 11.2. The average molecular weight is 465 g/mol. The van der Waals surface area contributed by atoms with Crippen LogP contribution in [0.1, 0.15) is 29.8 Å². The van der Waals surface area contributed by atoms with Gasteiger partial charge in [0.15, 0.2) is 0 Å². The smallest absolute Gasteiger partial charge is 0.342 e. The maximum Gasteiger partial charge on any atom is 0.342 e. The molecule has 1 fully saturated rings. The number of para-hydroxylation sites is 1. The van der Waals surface area contributed by atoms with Gasteiger partial charge in [0, 0.05) is 44.6 Å². The van der Waals surface area contributed by atoms with E-state index in [1.165, 1.54) is 5.56 Å². The molecular weight excluding hydrogens is 436 g/mol. The van der Waals surface area contributed by atoms with Gasteiger partial charge in [0.25, 0.3) is 0 Å². The predicted octanol–water partition coefficient (Wildman–Crippen LogP) is 5.37. The van der Waals surface area contributed by atoms with Crippen molar-refractivity contribution in [3.63, 3.8) is 0 Å². The number of nitrogens with one attached hydrogen (secondary N) is 1. The quantitative estimate of drug-likeness (QED) is 0.474. The van der Waals surface area contributed by atoms with E-state index in [0.29, 0.717) is 16.4 Å². The van der Waals surface area contributed by atoms with Gasteiger partial charge in [0.05, 0.1) is 16.8 Å². The lowest BCUT2D eigenvalue weighted by Crippen LogP contribution is -2.46. The number of anilines is 3. The van der Waals surface area contributed by atoms with Crippen LogP contribution in [-0.2, 0) is 11.3 Å². The van der Waals surface area contributed by atoms with Crippen LogP contribution in [0.25, 0.3) is 0 Å². The van der Waals surface area contributed by atoms with E-state index in [4.69, 9.17) is 16.3 Å². The third-order valence-corrected chi connectivity index (χ3v) is 5.86. The number of halogens is 1. The summed E-state index contributed by atoms with van der Waals surface area (Å²) in [6.07, 6.45) is 1.57. The molecule has 1 saturated heterocycles. The molecule has 0 atom stereocenters. The molecule has 0 amide bonds. The Morgan fingerprint density at radius 1 is 1.03 bits per heavy atom. The summed E-state index contributed by atoms with van der Waals surface area (Å²) in [6, 6.07) is 19.7. The van der Waals surface area contributed by atoms with E-state index in [0.717, 1.165) is 44.1 Å². The number of ether oxygens (including phenoxy) is 1. The zero-order valence-electron chi connectivity index (χ0n) is 19.0. The Morgan fingerprint density at radius 3 is 2.45 bits per heavy atom. The molecule has 0 unspecified atom stereocenters. The summed E-state index contributed by atoms with van der Waals surface area (Å²) >= 11 is 6.24. The first-order valence-corrected chi connectivity index (χ1v) is 11.6. The van der Waals surface area contributed by atoms with Crippen molar-refractivity contribution < 1.29 is 9.53 Å². The zero-order chi connectivity index (χ0) is 23.2. The van der Waals surface area contributed by atoms with Crippen molar-refractivity contribution in [2.24, 2.45) is 0 Å². The maximum absolute atomic E-state index is 12.5. The van der Waals surface area contributed by atoms with Crippen molar-refractivity contribution in [2.45, 2.75) is 26.5 Å². The van der Waals surface area contributed by atoms with E-state index in [9.17, 15) is 4.79 Å². The Morgan fingerprint density at radius 2 is 1.76 bits per heavy atom. The highest BCUT2D eigenvalue weighted by Gasteiger charge is 2.23. The van der Waals surface area contributed by atoms with Crippen LogP contribution in [0.5, 0.6) is 0 Å². The molecule has 6 nitrogen and oxygen atoms in total. The first kappa shape index (κ1) is 23.1. The fourth-order valence-corrected chi connectivity index (χ4v) is 4.06. The average Bonchev–Trinajstić information content (AvgIpc) is 2.82. The van der Waals surface area contributed by atoms with Gasteiger partial charge < -0.3 is 15.0 Å². The van der Waals surface area contributed by atoms with Crippen LogP contribution in [0, 0.1) is 0 Å². The minimum atomic E-state index is -0.319. The number of nitrogens with zero attached hydrogens (tertiary/aromatic N) is 3. The lowest BCUT2D eigenvalue weighted by atomic mass is 10.1. The molecular formula is C26H29ClN4O2. The molecule has 7 heteroatoms. The fraction of sp³-hybridized carbons (Fsp3) is 0.308. The Labute approximate surface area is 200 Å². The molecule has 172 valence electrons. The topological polar surface area (TPSA) is 57.7 Å². The summed E-state index contributed by atoms with van der Waals surface area (Å²) in [5.41, 5.74) is 3.69. The van der Waals surface area contributed by atoms with Crippen LogP contribution < -0.4 is 10.2 Å². The van der Waals surface area contributed by atoms with Crippen LogP contribution in [0.4, 0.5) is 17.2 Å². The maximum atomic E-state index is 12.5. The predicted molar refractivity (Wildman–Crippen MR) is 133 cm³/mol. The van der Waals surface area contributed by atoms with Crippen LogP contribution in [-0.4, -0.2) is 48.1 Å². The van der Waals surface area contributed by atoms with Gasteiger partial charge in [-0.15, -0.1) is 0 Å². The number of esters is 1. The molecule has 2 heterocycles. The molecule has 33 heavy (non-hydrogen) atoms. The van der Waals surface area contributed by atoms with Crippen LogP contribution in [0.2, 0.25) is 5.02 Å². The van der Waals surface area contributed by atoms with Gasteiger partial charge in [-0.2, -0.15) is 0 Å². The fourth-order valence-electron chi connectivity index (χ4n) is 3.87. The number of piperazine rings is 1. The lowest BCUT2D eigenvalue weighted by Gasteiger charge is -2.36. The van der Waals surface area contributed by atoms with E-state index < -0.39 is 0 Å². The highest BCUT2D eigenvalue weighted by molar-refractivity contribution is 6.33. The van der Waals surface area contributed by atoms with E-state index in [2.05, 4.69) is 44.4 Å². The largest absolute Gasteiger partial charge is 0.459 e. The summed E-state index contributed by atoms with van der Waals surface area (Å²) < 4.78 is 5.39. The normalized spacial score (nSPS) is 14.4. The van der Waals surface area contributed by atoms with E-state index in [1.54, 1.807) is 18.3 Å². The second kappa shape index (κ2) is 10.7. The first-order chi connectivity index (χ1) is 16.0. The van der Waals surface area contributed by atoms with Crippen LogP contribution >= 0.6 is 11.6 Å². The number of carbonyl (C=O) groups is 1. The molecule has 1 N–H and O–H groups in total. The molecule has 0 saturated carbocycles. The third-order valence-electron chi connectivity index (χ3n) is 5.53. The van der Waals surface area contributed by atoms with Gasteiger partial charge >= 0.3 is 5.97 Å². The number of hydrogen-bond donors (Lipinski definition) is 1. The molecule has 1 aromatic heterocycles. The van der Waals surface area contributed by atoms with Crippen molar-refractivity contribution in [3.8, 4) is 0 Å². The lowest BCUT2D eigenvalue weighted by molar-refractivity contribution is 0.0378. The second-order valence-electron chi connectivity index (χ2n) is 8.39. The third kappa shape index (κ3) is 6.03. The summed E-state index contributed by atoms with van der Waals surface area (Å²) in [7, 11) is 0. The van der Waals surface area contributed by atoms with Gasteiger partial charge in [-0.05, 0) is 55.8 Å². The highest BCUT2D eigenvalue weighted by Crippen LogP contribution is 2.25. The highest BCUT2D eigenvalue weighted by atomic mass is 35.5. The molecule has 3 aromatic rings. The van der Waals surface area contributed by atoms with Crippen molar-refractivity contribution in [1.29, 1.82) is 0 Å². The van der Waals surface area contributed by atoms with Crippen molar-refractivity contribution >= 4 is 34.8 Å². The molecule has 0 aliphatic carbocycles. The van der Waals surface area contributed by atoms with Gasteiger partial charge in [-0.1, -0.05) is 35.9 Å². The van der Waals surface area contributed by atoms with Crippen molar-refractivity contribution in [3.05, 3.63) is 83.0 Å². The Kier molecular flexibility index (Phi) is 7.47. The molecule has 2 aromatic carbocycles. The standard InChI is InChI=1S/C26H29ClN4O2/c1-19(2)33-26(32)22-6-5-13-28-25(22)31-16-14-30(15-17-31)18-20-9-11-21(12-10-20)29-24-8-4-3-7-23(24)27/h3-13,19,29H,14-18H2,1-2H3. The number of aromatic nitrogens is 1. The number of hydrogen-bond acceptors (Lipinski definition) is 6. The van der Waals surface area contributed by atoms with Crippen LogP contribution in [0.3, 0.4) is 0 Å². The minimum Gasteiger partial charge on any atom is -0.459 e. The van der Waals surface area contributed by atoms with Crippen LogP contribution in [0.15, 0.2) is 66.9 Å². The minimum absolute atomic E-state index is 0.159. The zero-order valence-corrected chi connectivity index (χ0v) is 19.8. The number of pyridine rings is 1. The molecule has 0 bridgehead atoms. The van der Waals surface area contributed by atoms with Crippen molar-refractivity contribution in [2.75, 3.05) is 36.4 Å². The summed E-state index contributed by atoms with van der Waals surface area (Å²) in [5, 5.41) is 4.06. The molecule has 1 aliphatic heterocycles. The Hall–Kier alpha value is -3.09. The number of rotatable bonds is 7. The number of carbonyl (C=O) groups excluding carboxylic acids is 1. The SMILES string of the molecule is CC(C)OC(=O)c1cccnc1N1CCN(Cc2ccc(Nc3ccccc3Cl)cc2)CC1. The second-order valence-corrected chi connectivity index (χ2v) is 8.80.